The summed E-state index contributed by atoms with van der Waals surface area (Å²) in [6.45, 7) is 8.96. The first-order chi connectivity index (χ1) is 19.9. The monoisotopic (exact) mass is 632 g/mol. The first kappa shape index (κ1) is 32.3. The van der Waals surface area contributed by atoms with Crippen LogP contribution < -0.4 is 0 Å². The maximum absolute atomic E-state index is 5.20. The summed E-state index contributed by atoms with van der Waals surface area (Å²) in [5.41, 5.74) is 8.30. The fourth-order valence-electron chi connectivity index (χ4n) is 6.83. The van der Waals surface area contributed by atoms with Gasteiger partial charge in [0.1, 0.15) is 0 Å². The van der Waals surface area contributed by atoms with Crippen molar-refractivity contribution in [3.8, 4) is 0 Å². The molecule has 0 amide bonds. The first-order valence-corrected chi connectivity index (χ1v) is 14.4. The molecule has 4 nitrogen and oxygen atoms in total. The molecule has 4 atom stereocenters. The van der Waals surface area contributed by atoms with Crippen LogP contribution in [0.3, 0.4) is 0 Å². The summed E-state index contributed by atoms with van der Waals surface area (Å²) in [5.74, 6) is 0.925. The zero-order chi connectivity index (χ0) is 29.0. The van der Waals surface area contributed by atoms with Crippen LogP contribution in [0.15, 0.2) is 109 Å². The summed E-state index contributed by atoms with van der Waals surface area (Å²) >= 11 is 0. The average molecular weight is 634 g/mol. The molecule has 0 saturated heterocycles. The molecular formula is C37H42N4Zr-4. The van der Waals surface area contributed by atoms with Gasteiger partial charge in [0.2, 0.25) is 0 Å². The molecule has 7 rings (SSSR count). The molecule has 0 heterocycles. The predicted molar refractivity (Wildman–Crippen MR) is 172 cm³/mol. The van der Waals surface area contributed by atoms with E-state index in [1.807, 2.05) is 60.7 Å². The second-order valence-corrected chi connectivity index (χ2v) is 11.8. The van der Waals surface area contributed by atoms with Crippen molar-refractivity contribution in [2.75, 3.05) is 41.5 Å². The molecule has 0 aromatic heterocycles. The van der Waals surface area contributed by atoms with Gasteiger partial charge in [-0.1, -0.05) is 74.0 Å². The fourth-order valence-corrected chi connectivity index (χ4v) is 6.83. The van der Waals surface area contributed by atoms with Crippen molar-refractivity contribution < 1.29 is 26.2 Å². The molecule has 4 aromatic carbocycles. The summed E-state index contributed by atoms with van der Waals surface area (Å²) in [7, 11) is 8.38. The molecule has 42 heavy (non-hydrogen) atoms. The minimum absolute atomic E-state index is 0. The van der Waals surface area contributed by atoms with Crippen LogP contribution in [0.5, 0.6) is 0 Å². The Balaban J connectivity index is 0.000000222. The summed E-state index contributed by atoms with van der Waals surface area (Å²) in [4.78, 5) is 4.32. The summed E-state index contributed by atoms with van der Waals surface area (Å²) in [6, 6.07) is 38.3. The van der Waals surface area contributed by atoms with Gasteiger partial charge in [-0.05, 0) is 62.3 Å². The van der Waals surface area contributed by atoms with Gasteiger partial charge < -0.3 is 20.4 Å². The van der Waals surface area contributed by atoms with Crippen LogP contribution in [0.2, 0.25) is 0 Å². The van der Waals surface area contributed by atoms with E-state index in [9.17, 15) is 0 Å². The van der Waals surface area contributed by atoms with Gasteiger partial charge in [0.25, 0.3) is 0 Å². The Morgan fingerprint density at radius 3 is 1.19 bits per heavy atom. The molecule has 3 aliphatic carbocycles. The molecule has 1 fully saturated rings. The standard InChI is InChI=1S/C23H28N4.2C7H7.Zr/c1-26(2)13-24-21-19-15-9-5-7-11-17(15)23(19)18-12-8-6-10-16(18)20(23)22(21)25-14-27(3)4;2*1-7-5-3-2-4-6-7;/h5-12,19-22H,13-14H2,1-4H3;2*2-6H,1H2;/q-2;2*-1;/t19?,20?,21-,22-,23?;;;/m1.../s1. The topological polar surface area (TPSA) is 34.7 Å². The van der Waals surface area contributed by atoms with Crippen LogP contribution in [0, 0.1) is 13.8 Å². The van der Waals surface area contributed by atoms with Gasteiger partial charge in [0, 0.05) is 31.6 Å². The van der Waals surface area contributed by atoms with Gasteiger partial charge in [-0.25, -0.2) is 0 Å². The van der Waals surface area contributed by atoms with Gasteiger partial charge >= 0.3 is 0 Å². The molecule has 218 valence electrons. The molecule has 5 heteroatoms. The summed E-state index contributed by atoms with van der Waals surface area (Å²) < 4.78 is 0. The molecule has 0 radical (unpaired) electrons. The average Bonchev–Trinajstić information content (AvgIpc) is 3.16. The molecule has 3 aliphatic rings. The van der Waals surface area contributed by atoms with Crippen LogP contribution in [0.1, 0.15) is 45.2 Å². The number of rotatable bonds is 6. The van der Waals surface area contributed by atoms with Crippen molar-refractivity contribution in [2.24, 2.45) is 0 Å². The van der Waals surface area contributed by atoms with Gasteiger partial charge in [-0.15, -0.1) is 36.3 Å². The second-order valence-electron chi connectivity index (χ2n) is 11.8. The SMILES string of the molecule is CN(C)C[N-][C@@H]1C2c3ccccc3C23c2ccccc2C3[C@H]1[N-]CN(C)C.[CH2-]c1ccccc1.[CH2-]c1ccccc1.[Zr]. The number of hydrogen-bond acceptors (Lipinski definition) is 2. The fraction of sp³-hybridized carbons (Fsp3) is 0.297. The van der Waals surface area contributed by atoms with Crippen molar-refractivity contribution in [3.05, 3.63) is 167 Å². The van der Waals surface area contributed by atoms with Crippen LogP contribution >= 0.6 is 0 Å². The summed E-state index contributed by atoms with van der Waals surface area (Å²) in [6.07, 6.45) is 0. The molecule has 4 aromatic rings. The van der Waals surface area contributed by atoms with E-state index in [1.165, 1.54) is 22.3 Å². The number of fused-ring (bicyclic) bond motifs is 4. The predicted octanol–water partition coefficient (Wildman–Crippen LogP) is 7.44. The molecule has 2 unspecified atom stereocenters. The first-order valence-electron chi connectivity index (χ1n) is 14.4. The van der Waals surface area contributed by atoms with Gasteiger partial charge in [0.15, 0.2) is 0 Å². The molecule has 0 N–H and O–H groups in total. The number of hydrogen-bond donors (Lipinski definition) is 0. The minimum Gasteiger partial charge on any atom is -0.648 e. The molecular weight excluding hydrogens is 592 g/mol. The Labute approximate surface area is 272 Å². The van der Waals surface area contributed by atoms with E-state index < -0.39 is 0 Å². The van der Waals surface area contributed by atoms with Gasteiger partial charge in [-0.3, -0.25) is 0 Å². The number of benzene rings is 4. The van der Waals surface area contributed by atoms with E-state index in [0.717, 1.165) is 24.5 Å². The molecule has 0 bridgehead atoms. The van der Waals surface area contributed by atoms with Crippen molar-refractivity contribution in [1.29, 1.82) is 0 Å². The van der Waals surface area contributed by atoms with Crippen molar-refractivity contribution in [2.45, 2.75) is 29.3 Å². The third kappa shape index (κ3) is 6.18. The van der Waals surface area contributed by atoms with E-state index in [0.29, 0.717) is 11.8 Å². The second kappa shape index (κ2) is 14.2. The maximum Gasteiger partial charge on any atom is 0.0316 e. The van der Waals surface area contributed by atoms with E-state index >= 15 is 0 Å². The Hall–Kier alpha value is -2.66. The maximum atomic E-state index is 5.20. The summed E-state index contributed by atoms with van der Waals surface area (Å²) in [5, 5.41) is 10.4. The molecule has 1 saturated carbocycles. The number of nitrogens with zero attached hydrogens (tertiary/aromatic N) is 4. The van der Waals surface area contributed by atoms with Crippen LogP contribution in [0.25, 0.3) is 10.6 Å². The van der Waals surface area contributed by atoms with E-state index in [-0.39, 0.29) is 43.7 Å². The minimum atomic E-state index is 0. The molecule has 1 spiro atoms. The van der Waals surface area contributed by atoms with Gasteiger partial charge in [-0.2, -0.15) is 49.2 Å². The third-order valence-corrected chi connectivity index (χ3v) is 8.33. The Morgan fingerprint density at radius 2 is 0.881 bits per heavy atom. The Kier molecular flexibility index (Phi) is 10.9. The zero-order valence-corrected chi connectivity index (χ0v) is 27.8. The Bertz CT molecular complexity index is 1300. The van der Waals surface area contributed by atoms with Crippen LogP contribution in [0.4, 0.5) is 0 Å². The van der Waals surface area contributed by atoms with Crippen molar-refractivity contribution in [1.82, 2.24) is 9.80 Å². The van der Waals surface area contributed by atoms with Crippen LogP contribution in [-0.2, 0) is 31.6 Å². The quantitative estimate of drug-likeness (QED) is 0.207. The van der Waals surface area contributed by atoms with Crippen molar-refractivity contribution in [3.63, 3.8) is 0 Å². The normalized spacial score (nSPS) is 23.7. The zero-order valence-electron chi connectivity index (χ0n) is 25.3. The van der Waals surface area contributed by atoms with Crippen molar-refractivity contribution >= 4 is 0 Å². The van der Waals surface area contributed by atoms with Gasteiger partial charge in [0.05, 0.1) is 0 Å². The Morgan fingerprint density at radius 1 is 0.548 bits per heavy atom. The smallest absolute Gasteiger partial charge is 0.0316 e. The van der Waals surface area contributed by atoms with E-state index in [2.05, 4.69) is 100 Å². The van der Waals surface area contributed by atoms with E-state index in [4.69, 9.17) is 10.6 Å². The van der Waals surface area contributed by atoms with Crippen LogP contribution in [-0.4, -0.2) is 63.4 Å². The third-order valence-electron chi connectivity index (χ3n) is 8.33. The van der Waals surface area contributed by atoms with E-state index in [1.54, 1.807) is 0 Å². The largest absolute Gasteiger partial charge is 0.648 e. The molecule has 0 aliphatic heterocycles.